The van der Waals surface area contributed by atoms with Gasteiger partial charge in [-0.05, 0) is 57.1 Å². The third kappa shape index (κ3) is 4.96. The largest absolute Gasteiger partial charge is 0.324 e. The average molecular weight is 310 g/mol. The Morgan fingerprint density at radius 3 is 2.90 bits per heavy atom. The van der Waals surface area contributed by atoms with E-state index in [9.17, 15) is 0 Å². The van der Waals surface area contributed by atoms with Crippen LogP contribution in [0.3, 0.4) is 0 Å². The zero-order chi connectivity index (χ0) is 15.2. The Kier molecular flexibility index (Phi) is 6.49. The van der Waals surface area contributed by atoms with Crippen molar-refractivity contribution >= 4 is 11.6 Å². The van der Waals surface area contributed by atoms with Gasteiger partial charge in [-0.3, -0.25) is 4.90 Å². The molecule has 2 unspecified atom stereocenters. The summed E-state index contributed by atoms with van der Waals surface area (Å²) in [5.74, 6) is 0. The molecule has 1 aromatic rings. The molecular weight excluding hydrogens is 282 g/mol. The average Bonchev–Trinajstić information content (AvgIpc) is 2.65. The van der Waals surface area contributed by atoms with Crippen LogP contribution < -0.4 is 5.73 Å². The molecule has 0 aliphatic carbocycles. The van der Waals surface area contributed by atoms with E-state index in [1.807, 2.05) is 18.2 Å². The lowest BCUT2D eigenvalue weighted by atomic mass is 10.0. The first kappa shape index (κ1) is 16.8. The highest BCUT2D eigenvalue weighted by atomic mass is 35.5. The quantitative estimate of drug-likeness (QED) is 0.907. The molecule has 1 saturated heterocycles. The summed E-state index contributed by atoms with van der Waals surface area (Å²) in [7, 11) is 2.23. The third-order valence-electron chi connectivity index (χ3n) is 4.50. The van der Waals surface area contributed by atoms with Gasteiger partial charge in [0.25, 0.3) is 0 Å². The standard InChI is InChI=1S/C17H28ClN3/c1-3-16-13-20(2)9-5-10-21(16)11-8-17(19)14-6-4-7-15(18)12-14/h4,6-7,12,16-17H,3,5,8-11,13,19H2,1-2H3. The van der Waals surface area contributed by atoms with E-state index in [-0.39, 0.29) is 6.04 Å². The molecular formula is C17H28ClN3. The molecule has 3 nitrogen and oxygen atoms in total. The zero-order valence-corrected chi connectivity index (χ0v) is 14.0. The predicted molar refractivity (Wildman–Crippen MR) is 90.8 cm³/mol. The number of benzene rings is 1. The first-order chi connectivity index (χ1) is 10.1. The Morgan fingerprint density at radius 2 is 2.19 bits per heavy atom. The van der Waals surface area contributed by atoms with E-state index in [0.717, 1.165) is 23.6 Å². The molecule has 2 N–H and O–H groups in total. The monoisotopic (exact) mass is 309 g/mol. The Morgan fingerprint density at radius 1 is 1.38 bits per heavy atom. The topological polar surface area (TPSA) is 32.5 Å². The first-order valence-corrected chi connectivity index (χ1v) is 8.41. The van der Waals surface area contributed by atoms with Crippen molar-refractivity contribution in [2.75, 3.05) is 33.2 Å². The van der Waals surface area contributed by atoms with Crippen molar-refractivity contribution in [1.82, 2.24) is 9.80 Å². The van der Waals surface area contributed by atoms with Gasteiger partial charge in [0, 0.05) is 30.2 Å². The van der Waals surface area contributed by atoms with Crippen LogP contribution in [-0.2, 0) is 0 Å². The number of hydrogen-bond donors (Lipinski definition) is 1. The van der Waals surface area contributed by atoms with E-state index in [1.54, 1.807) is 0 Å². The summed E-state index contributed by atoms with van der Waals surface area (Å²) in [6, 6.07) is 8.67. The van der Waals surface area contributed by atoms with Crippen LogP contribution in [0.15, 0.2) is 24.3 Å². The van der Waals surface area contributed by atoms with Crippen LogP contribution in [0.4, 0.5) is 0 Å². The number of halogens is 1. The molecule has 0 bridgehead atoms. The van der Waals surface area contributed by atoms with Gasteiger partial charge < -0.3 is 10.6 Å². The maximum Gasteiger partial charge on any atom is 0.0409 e. The van der Waals surface area contributed by atoms with Gasteiger partial charge in [-0.15, -0.1) is 0 Å². The van der Waals surface area contributed by atoms with Gasteiger partial charge in [0.15, 0.2) is 0 Å². The second kappa shape index (κ2) is 8.14. The molecule has 118 valence electrons. The number of rotatable bonds is 5. The summed E-state index contributed by atoms with van der Waals surface area (Å²) in [4.78, 5) is 5.07. The van der Waals surface area contributed by atoms with E-state index in [2.05, 4.69) is 29.8 Å². The highest BCUT2D eigenvalue weighted by molar-refractivity contribution is 6.30. The fourth-order valence-electron chi connectivity index (χ4n) is 3.18. The van der Waals surface area contributed by atoms with Crippen molar-refractivity contribution in [1.29, 1.82) is 0 Å². The van der Waals surface area contributed by atoms with E-state index in [4.69, 9.17) is 17.3 Å². The summed E-state index contributed by atoms with van der Waals surface area (Å²) >= 11 is 6.05. The SMILES string of the molecule is CCC1CN(C)CCCN1CCC(N)c1cccc(Cl)c1. The molecule has 1 aliphatic heterocycles. The lowest BCUT2D eigenvalue weighted by Gasteiger charge is -2.31. The summed E-state index contributed by atoms with van der Waals surface area (Å²) in [5.41, 5.74) is 7.48. The van der Waals surface area contributed by atoms with Crippen molar-refractivity contribution in [3.05, 3.63) is 34.9 Å². The van der Waals surface area contributed by atoms with Crippen LogP contribution in [0.1, 0.15) is 37.8 Å². The van der Waals surface area contributed by atoms with Gasteiger partial charge >= 0.3 is 0 Å². The minimum Gasteiger partial charge on any atom is -0.324 e. The molecule has 0 aromatic heterocycles. The van der Waals surface area contributed by atoms with E-state index in [1.165, 1.54) is 32.5 Å². The molecule has 4 heteroatoms. The second-order valence-corrected chi connectivity index (χ2v) is 6.60. The number of likely N-dealkylation sites (N-methyl/N-ethyl adjacent to an activating group) is 1. The Balaban J connectivity index is 1.91. The predicted octanol–water partition coefficient (Wildman–Crippen LogP) is 3.15. The summed E-state index contributed by atoms with van der Waals surface area (Å²) in [6.45, 7) is 6.91. The molecule has 1 aromatic carbocycles. The maximum absolute atomic E-state index is 6.34. The molecule has 1 fully saturated rings. The van der Waals surface area contributed by atoms with E-state index >= 15 is 0 Å². The van der Waals surface area contributed by atoms with Crippen molar-refractivity contribution in [3.63, 3.8) is 0 Å². The van der Waals surface area contributed by atoms with E-state index in [0.29, 0.717) is 6.04 Å². The van der Waals surface area contributed by atoms with Gasteiger partial charge in [-0.1, -0.05) is 30.7 Å². The van der Waals surface area contributed by atoms with Gasteiger partial charge in [0.2, 0.25) is 0 Å². The lowest BCUT2D eigenvalue weighted by molar-refractivity contribution is 0.178. The van der Waals surface area contributed by atoms with Crippen molar-refractivity contribution in [3.8, 4) is 0 Å². The normalized spacial score (nSPS) is 23.0. The molecule has 0 radical (unpaired) electrons. The molecule has 1 aliphatic rings. The fraction of sp³-hybridized carbons (Fsp3) is 0.647. The highest BCUT2D eigenvalue weighted by Crippen LogP contribution is 2.20. The molecule has 0 amide bonds. The first-order valence-electron chi connectivity index (χ1n) is 8.03. The van der Waals surface area contributed by atoms with Gasteiger partial charge in [0.05, 0.1) is 0 Å². The minimum absolute atomic E-state index is 0.0715. The number of hydrogen-bond acceptors (Lipinski definition) is 3. The molecule has 21 heavy (non-hydrogen) atoms. The van der Waals surface area contributed by atoms with Crippen LogP contribution in [0, 0.1) is 0 Å². The Bertz CT molecular complexity index is 438. The maximum atomic E-state index is 6.34. The van der Waals surface area contributed by atoms with E-state index < -0.39 is 0 Å². The number of nitrogens with zero attached hydrogens (tertiary/aromatic N) is 2. The summed E-state index contributed by atoms with van der Waals surface area (Å²) in [6.07, 6.45) is 3.44. The molecule has 0 spiro atoms. The third-order valence-corrected chi connectivity index (χ3v) is 4.73. The van der Waals surface area contributed by atoms with Gasteiger partial charge in [0.1, 0.15) is 0 Å². The number of nitrogens with two attached hydrogens (primary N) is 1. The lowest BCUT2D eigenvalue weighted by Crippen LogP contribution is -2.40. The van der Waals surface area contributed by atoms with Crippen molar-refractivity contribution in [2.24, 2.45) is 5.73 Å². The highest BCUT2D eigenvalue weighted by Gasteiger charge is 2.22. The smallest absolute Gasteiger partial charge is 0.0409 e. The van der Waals surface area contributed by atoms with Crippen LogP contribution in [0.5, 0.6) is 0 Å². The van der Waals surface area contributed by atoms with Crippen molar-refractivity contribution < 1.29 is 0 Å². The molecule has 2 rings (SSSR count). The van der Waals surface area contributed by atoms with Gasteiger partial charge in [-0.25, -0.2) is 0 Å². The minimum atomic E-state index is 0.0715. The summed E-state index contributed by atoms with van der Waals surface area (Å²) < 4.78 is 0. The van der Waals surface area contributed by atoms with Crippen LogP contribution in [0.2, 0.25) is 5.02 Å². The Hall–Kier alpha value is -0.610. The van der Waals surface area contributed by atoms with Crippen molar-refractivity contribution in [2.45, 2.75) is 38.3 Å². The Labute approximate surface area is 134 Å². The molecule has 1 heterocycles. The van der Waals surface area contributed by atoms with Crippen LogP contribution >= 0.6 is 11.6 Å². The fourth-order valence-corrected chi connectivity index (χ4v) is 3.38. The summed E-state index contributed by atoms with van der Waals surface area (Å²) in [5, 5.41) is 0.769. The van der Waals surface area contributed by atoms with Crippen LogP contribution in [0.25, 0.3) is 0 Å². The second-order valence-electron chi connectivity index (χ2n) is 6.16. The molecule has 0 saturated carbocycles. The molecule has 2 atom stereocenters. The zero-order valence-electron chi connectivity index (χ0n) is 13.3. The van der Waals surface area contributed by atoms with Crippen LogP contribution in [-0.4, -0.2) is 49.1 Å². The van der Waals surface area contributed by atoms with Gasteiger partial charge in [-0.2, -0.15) is 0 Å².